The molecule has 0 N–H and O–H groups in total. The predicted molar refractivity (Wildman–Crippen MR) is 71.0 cm³/mol. The molecule has 90 valence electrons. The molecule has 17 heavy (non-hydrogen) atoms. The van der Waals surface area contributed by atoms with Crippen molar-refractivity contribution in [2.45, 2.75) is 45.1 Å². The first-order chi connectivity index (χ1) is 8.33. The van der Waals surface area contributed by atoms with Gasteiger partial charge in [-0.15, -0.1) is 0 Å². The van der Waals surface area contributed by atoms with Crippen LogP contribution in [0.25, 0.3) is 0 Å². The van der Waals surface area contributed by atoms with Gasteiger partial charge in [-0.25, -0.2) is 0 Å². The van der Waals surface area contributed by atoms with Crippen molar-refractivity contribution in [1.82, 2.24) is 0 Å². The van der Waals surface area contributed by atoms with Crippen LogP contribution in [0, 0.1) is 11.3 Å². The van der Waals surface area contributed by atoms with Crippen LogP contribution in [0.4, 0.5) is 5.69 Å². The van der Waals surface area contributed by atoms with Gasteiger partial charge in [-0.05, 0) is 44.2 Å². The summed E-state index contributed by atoms with van der Waals surface area (Å²) >= 11 is 0. The van der Waals surface area contributed by atoms with E-state index in [-0.39, 0.29) is 0 Å². The normalized spacial score (nSPS) is 18.6. The van der Waals surface area contributed by atoms with E-state index in [0.717, 1.165) is 19.4 Å². The molecule has 1 aliphatic heterocycles. The van der Waals surface area contributed by atoms with E-state index in [1.54, 1.807) is 0 Å². The van der Waals surface area contributed by atoms with Crippen LogP contribution in [0.2, 0.25) is 0 Å². The molecule has 0 saturated heterocycles. The van der Waals surface area contributed by atoms with Gasteiger partial charge >= 0.3 is 0 Å². The molecule has 1 aromatic rings. The fourth-order valence-corrected chi connectivity index (χ4v) is 2.59. The molecule has 0 aromatic heterocycles. The van der Waals surface area contributed by atoms with E-state index < -0.39 is 0 Å². The van der Waals surface area contributed by atoms with Crippen molar-refractivity contribution in [3.05, 3.63) is 29.8 Å². The van der Waals surface area contributed by atoms with Crippen LogP contribution in [0.3, 0.4) is 0 Å². The Labute approximate surface area is 104 Å². The summed E-state index contributed by atoms with van der Waals surface area (Å²) in [5.74, 6) is 0. The Morgan fingerprint density at radius 2 is 2.18 bits per heavy atom. The molecule has 1 unspecified atom stereocenters. The molecular weight excluding hydrogens is 208 g/mol. The monoisotopic (exact) mass is 228 g/mol. The van der Waals surface area contributed by atoms with E-state index in [1.807, 2.05) is 0 Å². The van der Waals surface area contributed by atoms with Crippen LogP contribution in [0.15, 0.2) is 24.3 Å². The van der Waals surface area contributed by atoms with Crippen molar-refractivity contribution in [3.63, 3.8) is 0 Å². The molecule has 1 heterocycles. The molecule has 1 aliphatic rings. The van der Waals surface area contributed by atoms with Crippen LogP contribution in [0.1, 0.15) is 38.2 Å². The third kappa shape index (κ3) is 2.79. The van der Waals surface area contributed by atoms with Gasteiger partial charge in [-0.2, -0.15) is 5.26 Å². The van der Waals surface area contributed by atoms with Gasteiger partial charge in [-0.1, -0.05) is 18.2 Å². The van der Waals surface area contributed by atoms with Crippen LogP contribution in [-0.2, 0) is 6.42 Å². The molecule has 0 aliphatic carbocycles. The van der Waals surface area contributed by atoms with Gasteiger partial charge in [0.2, 0.25) is 0 Å². The number of rotatable bonds is 4. The summed E-state index contributed by atoms with van der Waals surface area (Å²) in [7, 11) is 0. The molecule has 0 fully saturated rings. The summed E-state index contributed by atoms with van der Waals surface area (Å²) in [6.45, 7) is 3.39. The third-order valence-electron chi connectivity index (χ3n) is 3.60. The number of hydrogen-bond acceptors (Lipinski definition) is 2. The SMILES string of the molecule is CC1CCc2ccccc2N1CCCCC#N. The number of anilines is 1. The Bertz CT molecular complexity index is 406. The Balaban J connectivity index is 2.03. The van der Waals surface area contributed by atoms with Crippen molar-refractivity contribution in [1.29, 1.82) is 5.26 Å². The maximum atomic E-state index is 8.55. The first kappa shape index (κ1) is 12.0. The standard InChI is InChI=1S/C15H20N2/c1-13-9-10-14-7-3-4-8-15(14)17(13)12-6-2-5-11-16/h3-4,7-8,13H,2,5-6,9-10,12H2,1H3. The summed E-state index contributed by atoms with van der Waals surface area (Å²) in [5.41, 5.74) is 2.88. The number of benzene rings is 1. The number of unbranched alkanes of at least 4 members (excludes halogenated alkanes) is 2. The first-order valence-electron chi connectivity index (χ1n) is 6.54. The fraction of sp³-hybridized carbons (Fsp3) is 0.533. The zero-order valence-corrected chi connectivity index (χ0v) is 10.5. The van der Waals surface area contributed by atoms with Crippen LogP contribution in [-0.4, -0.2) is 12.6 Å². The molecule has 0 bridgehead atoms. The van der Waals surface area contributed by atoms with Gasteiger partial charge in [0.1, 0.15) is 0 Å². The van der Waals surface area contributed by atoms with Crippen molar-refractivity contribution in [2.24, 2.45) is 0 Å². The fourth-order valence-electron chi connectivity index (χ4n) is 2.59. The van der Waals surface area contributed by atoms with Crippen LogP contribution < -0.4 is 4.90 Å². The minimum Gasteiger partial charge on any atom is -0.369 e. The number of aryl methyl sites for hydroxylation is 1. The number of nitriles is 1. The number of fused-ring (bicyclic) bond motifs is 1. The van der Waals surface area contributed by atoms with Gasteiger partial charge < -0.3 is 4.90 Å². The number of nitrogens with zero attached hydrogens (tertiary/aromatic N) is 2. The van der Waals surface area contributed by atoms with Gasteiger partial charge in [-0.3, -0.25) is 0 Å². The third-order valence-corrected chi connectivity index (χ3v) is 3.60. The molecule has 2 nitrogen and oxygen atoms in total. The van der Waals surface area contributed by atoms with Crippen molar-refractivity contribution in [3.8, 4) is 6.07 Å². The molecule has 0 spiro atoms. The molecule has 1 aromatic carbocycles. The predicted octanol–water partition coefficient (Wildman–Crippen LogP) is 3.52. The molecule has 1 atom stereocenters. The quantitative estimate of drug-likeness (QED) is 0.737. The lowest BCUT2D eigenvalue weighted by atomic mass is 9.96. The highest BCUT2D eigenvalue weighted by atomic mass is 15.2. The lowest BCUT2D eigenvalue weighted by molar-refractivity contribution is 0.546. The topological polar surface area (TPSA) is 27.0 Å². The zero-order chi connectivity index (χ0) is 12.1. The van der Waals surface area contributed by atoms with Gasteiger partial charge in [0.15, 0.2) is 0 Å². The summed E-state index contributed by atoms with van der Waals surface area (Å²) < 4.78 is 0. The molecular formula is C15H20N2. The Hall–Kier alpha value is -1.49. The van der Waals surface area contributed by atoms with Crippen LogP contribution in [0.5, 0.6) is 0 Å². The van der Waals surface area contributed by atoms with E-state index in [9.17, 15) is 0 Å². The van der Waals surface area contributed by atoms with E-state index in [2.05, 4.69) is 42.2 Å². The number of para-hydroxylation sites is 1. The highest BCUT2D eigenvalue weighted by Crippen LogP contribution is 2.30. The second-order valence-corrected chi connectivity index (χ2v) is 4.83. The van der Waals surface area contributed by atoms with Crippen LogP contribution >= 0.6 is 0 Å². The van der Waals surface area contributed by atoms with E-state index in [4.69, 9.17) is 5.26 Å². The summed E-state index contributed by atoms with van der Waals surface area (Å²) in [5, 5.41) is 8.55. The van der Waals surface area contributed by atoms with Gasteiger partial charge in [0.05, 0.1) is 6.07 Å². The Morgan fingerprint density at radius 1 is 1.35 bits per heavy atom. The van der Waals surface area contributed by atoms with E-state index in [1.165, 1.54) is 24.1 Å². The highest BCUT2D eigenvalue weighted by Gasteiger charge is 2.21. The van der Waals surface area contributed by atoms with E-state index >= 15 is 0 Å². The average molecular weight is 228 g/mol. The zero-order valence-electron chi connectivity index (χ0n) is 10.5. The summed E-state index contributed by atoms with van der Waals surface area (Å²) in [6, 6.07) is 11.6. The molecule has 0 amide bonds. The lowest BCUT2D eigenvalue weighted by Gasteiger charge is -2.37. The largest absolute Gasteiger partial charge is 0.369 e. The molecule has 2 rings (SSSR count). The van der Waals surface area contributed by atoms with Crippen molar-refractivity contribution in [2.75, 3.05) is 11.4 Å². The van der Waals surface area contributed by atoms with Gasteiger partial charge in [0.25, 0.3) is 0 Å². The number of hydrogen-bond donors (Lipinski definition) is 0. The second kappa shape index (κ2) is 5.72. The second-order valence-electron chi connectivity index (χ2n) is 4.83. The maximum Gasteiger partial charge on any atom is 0.0621 e. The highest BCUT2D eigenvalue weighted by molar-refractivity contribution is 5.56. The first-order valence-corrected chi connectivity index (χ1v) is 6.54. The Kier molecular flexibility index (Phi) is 4.03. The maximum absolute atomic E-state index is 8.55. The summed E-state index contributed by atoms with van der Waals surface area (Å²) in [6.07, 6.45) is 5.26. The molecule has 0 radical (unpaired) electrons. The lowest BCUT2D eigenvalue weighted by Crippen LogP contribution is -2.37. The molecule has 0 saturated carbocycles. The van der Waals surface area contributed by atoms with Crippen molar-refractivity contribution >= 4 is 5.69 Å². The van der Waals surface area contributed by atoms with Gasteiger partial charge in [0, 0.05) is 24.7 Å². The van der Waals surface area contributed by atoms with Crippen molar-refractivity contribution < 1.29 is 0 Å². The summed E-state index contributed by atoms with van der Waals surface area (Å²) in [4.78, 5) is 2.51. The Morgan fingerprint density at radius 3 is 3.00 bits per heavy atom. The molecule has 2 heteroatoms. The minimum atomic E-state index is 0.631. The van der Waals surface area contributed by atoms with E-state index in [0.29, 0.717) is 12.5 Å². The minimum absolute atomic E-state index is 0.631. The smallest absolute Gasteiger partial charge is 0.0621 e. The average Bonchev–Trinajstić information content (AvgIpc) is 2.37.